The number of hydrogen-bond donors (Lipinski definition) is 0. The van der Waals surface area contributed by atoms with Crippen molar-refractivity contribution in [1.29, 1.82) is 0 Å². The van der Waals surface area contributed by atoms with Crippen molar-refractivity contribution in [2.24, 2.45) is 0 Å². The Labute approximate surface area is 87.5 Å². The lowest BCUT2D eigenvalue weighted by molar-refractivity contribution is 0.710. The molecular formula is C11H11ClN2. The van der Waals surface area contributed by atoms with E-state index in [4.69, 9.17) is 11.6 Å². The van der Waals surface area contributed by atoms with Gasteiger partial charge in [-0.15, -0.1) is 0 Å². The van der Waals surface area contributed by atoms with E-state index < -0.39 is 0 Å². The van der Waals surface area contributed by atoms with Crippen LogP contribution in [0.4, 0.5) is 0 Å². The topological polar surface area (TPSA) is 17.8 Å². The maximum Gasteiger partial charge on any atom is 0.112 e. The second-order valence-corrected chi connectivity index (χ2v) is 4.38. The van der Waals surface area contributed by atoms with Crippen LogP contribution in [0, 0.1) is 0 Å². The number of hydrogen-bond acceptors (Lipinski definition) is 1. The average molecular weight is 207 g/mol. The van der Waals surface area contributed by atoms with Crippen molar-refractivity contribution in [3.63, 3.8) is 0 Å². The fourth-order valence-electron chi connectivity index (χ4n) is 2.18. The molecule has 0 fully saturated rings. The maximum absolute atomic E-state index is 5.97. The van der Waals surface area contributed by atoms with Gasteiger partial charge < -0.3 is 4.57 Å². The van der Waals surface area contributed by atoms with Gasteiger partial charge in [0, 0.05) is 17.5 Å². The van der Waals surface area contributed by atoms with Gasteiger partial charge in [0.2, 0.25) is 0 Å². The zero-order valence-electron chi connectivity index (χ0n) is 8.00. The SMILES string of the molecule is C[C@@H]1CCn2c1nc1ccc(Cl)cc12. The molecule has 1 aromatic carbocycles. The number of imidazole rings is 1. The number of fused-ring (bicyclic) bond motifs is 3. The van der Waals surface area contributed by atoms with Gasteiger partial charge in [-0.05, 0) is 24.6 Å². The Morgan fingerprint density at radius 1 is 1.50 bits per heavy atom. The second-order valence-electron chi connectivity index (χ2n) is 3.94. The summed E-state index contributed by atoms with van der Waals surface area (Å²) in [6.07, 6.45) is 1.20. The van der Waals surface area contributed by atoms with Crippen molar-refractivity contribution in [2.45, 2.75) is 25.8 Å². The lowest BCUT2D eigenvalue weighted by atomic mass is 10.1. The van der Waals surface area contributed by atoms with E-state index in [-0.39, 0.29) is 0 Å². The zero-order chi connectivity index (χ0) is 9.71. The molecule has 0 aliphatic carbocycles. The lowest BCUT2D eigenvalue weighted by Gasteiger charge is -1.97. The van der Waals surface area contributed by atoms with Crippen LogP contribution >= 0.6 is 11.6 Å². The summed E-state index contributed by atoms with van der Waals surface area (Å²) >= 11 is 5.97. The van der Waals surface area contributed by atoms with Crippen LogP contribution in [0.15, 0.2) is 18.2 Å². The highest BCUT2D eigenvalue weighted by atomic mass is 35.5. The largest absolute Gasteiger partial charge is 0.328 e. The highest BCUT2D eigenvalue weighted by Crippen LogP contribution is 2.31. The summed E-state index contributed by atoms with van der Waals surface area (Å²) in [6, 6.07) is 5.90. The lowest BCUT2D eigenvalue weighted by Crippen LogP contribution is -1.91. The highest BCUT2D eigenvalue weighted by Gasteiger charge is 2.22. The van der Waals surface area contributed by atoms with Crippen LogP contribution in [0.5, 0.6) is 0 Å². The molecule has 0 saturated heterocycles. The molecule has 0 bridgehead atoms. The molecule has 14 heavy (non-hydrogen) atoms. The average Bonchev–Trinajstić information content (AvgIpc) is 2.67. The summed E-state index contributed by atoms with van der Waals surface area (Å²) < 4.78 is 2.28. The Morgan fingerprint density at radius 3 is 3.21 bits per heavy atom. The molecule has 3 rings (SSSR count). The molecule has 0 saturated carbocycles. The molecule has 1 aliphatic heterocycles. The van der Waals surface area contributed by atoms with Crippen LogP contribution < -0.4 is 0 Å². The van der Waals surface area contributed by atoms with Crippen molar-refractivity contribution < 1.29 is 0 Å². The summed E-state index contributed by atoms with van der Waals surface area (Å²) in [5.74, 6) is 1.79. The van der Waals surface area contributed by atoms with Gasteiger partial charge in [-0.3, -0.25) is 0 Å². The van der Waals surface area contributed by atoms with Crippen LogP contribution in [0.1, 0.15) is 25.1 Å². The molecule has 2 nitrogen and oxygen atoms in total. The highest BCUT2D eigenvalue weighted by molar-refractivity contribution is 6.31. The van der Waals surface area contributed by atoms with E-state index in [0.717, 1.165) is 17.1 Å². The molecule has 0 unspecified atom stereocenters. The van der Waals surface area contributed by atoms with Crippen molar-refractivity contribution in [3.8, 4) is 0 Å². The van der Waals surface area contributed by atoms with Gasteiger partial charge in [-0.2, -0.15) is 0 Å². The quantitative estimate of drug-likeness (QED) is 0.647. The number of aryl methyl sites for hydroxylation is 1. The molecule has 1 aromatic heterocycles. The van der Waals surface area contributed by atoms with Gasteiger partial charge in [0.05, 0.1) is 11.0 Å². The van der Waals surface area contributed by atoms with Crippen molar-refractivity contribution in [3.05, 3.63) is 29.0 Å². The minimum absolute atomic E-state index is 0.584. The summed E-state index contributed by atoms with van der Waals surface area (Å²) in [5, 5.41) is 0.791. The van der Waals surface area contributed by atoms with Gasteiger partial charge >= 0.3 is 0 Å². The summed E-state index contributed by atoms with van der Waals surface area (Å²) in [6.45, 7) is 3.31. The number of nitrogens with zero attached hydrogens (tertiary/aromatic N) is 2. The van der Waals surface area contributed by atoms with Crippen LogP contribution in [0.25, 0.3) is 11.0 Å². The van der Waals surface area contributed by atoms with E-state index in [1.54, 1.807) is 0 Å². The van der Waals surface area contributed by atoms with Crippen LogP contribution in [-0.4, -0.2) is 9.55 Å². The third-order valence-electron chi connectivity index (χ3n) is 2.97. The zero-order valence-corrected chi connectivity index (χ0v) is 8.75. The molecular weight excluding hydrogens is 196 g/mol. The summed E-state index contributed by atoms with van der Waals surface area (Å²) in [4.78, 5) is 4.62. The molecule has 72 valence electrons. The normalized spacial score (nSPS) is 20.3. The van der Waals surface area contributed by atoms with Gasteiger partial charge in [0.15, 0.2) is 0 Å². The fraction of sp³-hybridized carbons (Fsp3) is 0.364. The number of halogens is 1. The smallest absolute Gasteiger partial charge is 0.112 e. The second kappa shape index (κ2) is 2.74. The molecule has 0 amide bonds. The molecule has 2 heterocycles. The van der Waals surface area contributed by atoms with Crippen LogP contribution in [0.2, 0.25) is 5.02 Å². The predicted molar refractivity (Wildman–Crippen MR) is 57.8 cm³/mol. The summed E-state index contributed by atoms with van der Waals surface area (Å²) in [7, 11) is 0. The standard InChI is InChI=1S/C11H11ClN2/c1-7-4-5-14-10-6-8(12)2-3-9(10)13-11(7)14/h2-3,6-7H,4-5H2,1H3/t7-/m1/s1. The Kier molecular flexibility index (Phi) is 1.62. The Balaban J connectivity index is 2.36. The molecule has 3 heteroatoms. The number of benzene rings is 1. The van der Waals surface area contributed by atoms with Crippen molar-refractivity contribution in [1.82, 2.24) is 9.55 Å². The van der Waals surface area contributed by atoms with Crippen LogP contribution in [-0.2, 0) is 6.54 Å². The van der Waals surface area contributed by atoms with Gasteiger partial charge in [0.1, 0.15) is 5.82 Å². The van der Waals surface area contributed by atoms with E-state index in [0.29, 0.717) is 5.92 Å². The maximum atomic E-state index is 5.97. The van der Waals surface area contributed by atoms with Gasteiger partial charge in [0.25, 0.3) is 0 Å². The number of aromatic nitrogens is 2. The first kappa shape index (κ1) is 8.30. The van der Waals surface area contributed by atoms with Crippen LogP contribution in [0.3, 0.4) is 0 Å². The third-order valence-corrected chi connectivity index (χ3v) is 3.20. The third kappa shape index (κ3) is 1.01. The van der Waals surface area contributed by atoms with E-state index in [1.807, 2.05) is 18.2 Å². The first-order valence-electron chi connectivity index (χ1n) is 4.91. The predicted octanol–water partition coefficient (Wildman–Crippen LogP) is 3.20. The first-order chi connectivity index (χ1) is 6.75. The molecule has 2 aromatic rings. The molecule has 1 aliphatic rings. The van der Waals surface area contributed by atoms with E-state index in [9.17, 15) is 0 Å². The fourth-order valence-corrected chi connectivity index (χ4v) is 2.34. The van der Waals surface area contributed by atoms with E-state index in [2.05, 4.69) is 16.5 Å². The first-order valence-corrected chi connectivity index (χ1v) is 5.29. The van der Waals surface area contributed by atoms with E-state index >= 15 is 0 Å². The molecule has 0 radical (unpaired) electrons. The number of rotatable bonds is 0. The van der Waals surface area contributed by atoms with Crippen molar-refractivity contribution in [2.75, 3.05) is 0 Å². The van der Waals surface area contributed by atoms with Gasteiger partial charge in [-0.1, -0.05) is 18.5 Å². The van der Waals surface area contributed by atoms with Gasteiger partial charge in [-0.25, -0.2) is 4.98 Å². The van der Waals surface area contributed by atoms with Crippen molar-refractivity contribution >= 4 is 22.6 Å². The van der Waals surface area contributed by atoms with E-state index in [1.165, 1.54) is 17.8 Å². The molecule has 0 N–H and O–H groups in total. The molecule has 0 spiro atoms. The summed E-state index contributed by atoms with van der Waals surface area (Å²) in [5.41, 5.74) is 2.24. The monoisotopic (exact) mass is 206 g/mol. The Morgan fingerprint density at radius 2 is 2.36 bits per heavy atom. The minimum Gasteiger partial charge on any atom is -0.328 e. The Hall–Kier alpha value is -1.02. The molecule has 1 atom stereocenters. The Bertz CT molecular complexity index is 501. The minimum atomic E-state index is 0.584.